The predicted octanol–water partition coefficient (Wildman–Crippen LogP) is -0.601. The molecule has 0 aliphatic carbocycles. The van der Waals surface area contributed by atoms with Crippen LogP contribution < -0.4 is 0 Å². The zero-order valence-electron chi connectivity index (χ0n) is 9.55. The molecule has 18 heavy (non-hydrogen) atoms. The van der Waals surface area contributed by atoms with Crippen molar-refractivity contribution in [1.29, 1.82) is 0 Å². The first-order chi connectivity index (χ1) is 8.59. The van der Waals surface area contributed by atoms with Crippen molar-refractivity contribution in [3.63, 3.8) is 0 Å². The van der Waals surface area contributed by atoms with Crippen molar-refractivity contribution in [2.24, 2.45) is 0 Å². The Balaban J connectivity index is 1.93. The summed E-state index contributed by atoms with van der Waals surface area (Å²) in [4.78, 5) is 0. The van der Waals surface area contributed by atoms with Crippen LogP contribution >= 0.6 is 0 Å². The molecule has 0 saturated carbocycles. The molecule has 1 aromatic carbocycles. The molecule has 6 nitrogen and oxygen atoms in total. The molecule has 0 spiro atoms. The van der Waals surface area contributed by atoms with Gasteiger partial charge < -0.3 is 24.8 Å². The summed E-state index contributed by atoms with van der Waals surface area (Å²) in [7, 11) is 0. The third-order valence-electron chi connectivity index (χ3n) is 2.78. The smallest absolute Gasteiger partial charge is 0.222 e. The summed E-state index contributed by atoms with van der Waals surface area (Å²) < 4.78 is 9.99. The lowest BCUT2D eigenvalue weighted by molar-refractivity contribution is -0.355. The summed E-state index contributed by atoms with van der Waals surface area (Å²) in [6, 6.07) is 9.13. The van der Waals surface area contributed by atoms with Gasteiger partial charge in [0.1, 0.15) is 18.3 Å². The Labute approximate surface area is 104 Å². The van der Waals surface area contributed by atoms with E-state index < -0.39 is 30.9 Å². The fourth-order valence-electron chi connectivity index (χ4n) is 1.71. The van der Waals surface area contributed by atoms with Gasteiger partial charge in [-0.1, -0.05) is 30.3 Å². The second-order valence-electron chi connectivity index (χ2n) is 4.14. The van der Waals surface area contributed by atoms with Crippen molar-refractivity contribution in [2.75, 3.05) is 0 Å². The molecule has 0 aromatic heterocycles. The molecule has 0 bridgehead atoms. The molecule has 1 saturated heterocycles. The van der Waals surface area contributed by atoms with E-state index in [2.05, 4.69) is 0 Å². The molecule has 1 radical (unpaired) electrons. The topological polar surface area (TPSA) is 99.1 Å². The van der Waals surface area contributed by atoms with Crippen LogP contribution in [0.4, 0.5) is 0 Å². The van der Waals surface area contributed by atoms with Crippen molar-refractivity contribution in [3.05, 3.63) is 35.9 Å². The second kappa shape index (κ2) is 5.75. The van der Waals surface area contributed by atoms with Gasteiger partial charge >= 0.3 is 0 Å². The number of aliphatic hydroxyl groups is 3. The third-order valence-corrected chi connectivity index (χ3v) is 2.78. The van der Waals surface area contributed by atoms with E-state index in [1.54, 1.807) is 0 Å². The van der Waals surface area contributed by atoms with Gasteiger partial charge in [0.05, 0.1) is 6.61 Å². The van der Waals surface area contributed by atoms with Crippen molar-refractivity contribution in [2.45, 2.75) is 37.5 Å². The zero-order valence-corrected chi connectivity index (χ0v) is 9.55. The first-order valence-corrected chi connectivity index (χ1v) is 5.60. The number of hydrogen-bond acceptors (Lipinski definition) is 5. The number of rotatable bonds is 3. The highest BCUT2D eigenvalue weighted by Gasteiger charge is 2.44. The SMILES string of the molecule is [O]C1OC(OCc2ccccc2)C(O)C(O)C1O. The van der Waals surface area contributed by atoms with E-state index in [4.69, 9.17) is 9.47 Å². The summed E-state index contributed by atoms with van der Waals surface area (Å²) in [6.45, 7) is 0.137. The largest absolute Gasteiger partial charge is 0.387 e. The normalized spacial score (nSPS) is 36.6. The van der Waals surface area contributed by atoms with Crippen LogP contribution in [0.15, 0.2) is 30.3 Å². The highest BCUT2D eigenvalue weighted by molar-refractivity contribution is 5.13. The maximum absolute atomic E-state index is 11.2. The van der Waals surface area contributed by atoms with E-state index in [0.717, 1.165) is 5.56 Å². The van der Waals surface area contributed by atoms with E-state index in [0.29, 0.717) is 0 Å². The molecule has 1 aliphatic rings. The molecule has 99 valence electrons. The maximum atomic E-state index is 11.2. The summed E-state index contributed by atoms with van der Waals surface area (Å²) in [6.07, 6.45) is -7.75. The Kier molecular flexibility index (Phi) is 4.28. The van der Waals surface area contributed by atoms with Crippen molar-refractivity contribution in [1.82, 2.24) is 0 Å². The lowest BCUT2D eigenvalue weighted by Gasteiger charge is -2.36. The number of hydrogen-bond donors (Lipinski definition) is 3. The molecule has 1 aromatic rings. The lowest BCUT2D eigenvalue weighted by atomic mass is 10.0. The molecular formula is C12H15O6. The molecule has 5 unspecified atom stereocenters. The minimum absolute atomic E-state index is 0.137. The minimum Gasteiger partial charge on any atom is -0.387 e. The van der Waals surface area contributed by atoms with Crippen molar-refractivity contribution < 1.29 is 29.9 Å². The summed E-state index contributed by atoms with van der Waals surface area (Å²) in [5, 5.41) is 39.5. The molecule has 2 rings (SSSR count). The van der Waals surface area contributed by atoms with Crippen molar-refractivity contribution in [3.8, 4) is 0 Å². The summed E-state index contributed by atoms with van der Waals surface area (Å²) in [5.74, 6) is 0. The van der Waals surface area contributed by atoms with Crippen LogP contribution in [0.25, 0.3) is 0 Å². The fraction of sp³-hybridized carbons (Fsp3) is 0.500. The van der Waals surface area contributed by atoms with E-state index >= 15 is 0 Å². The highest BCUT2D eigenvalue weighted by Crippen LogP contribution is 2.21. The molecule has 5 atom stereocenters. The van der Waals surface area contributed by atoms with Gasteiger partial charge in [0.25, 0.3) is 0 Å². The average Bonchev–Trinajstić information content (AvgIpc) is 2.40. The van der Waals surface area contributed by atoms with Gasteiger partial charge in [-0.05, 0) is 5.56 Å². The van der Waals surface area contributed by atoms with Crippen LogP contribution in [-0.4, -0.2) is 46.2 Å². The average molecular weight is 255 g/mol. The monoisotopic (exact) mass is 255 g/mol. The van der Waals surface area contributed by atoms with Gasteiger partial charge in [0.15, 0.2) is 6.29 Å². The highest BCUT2D eigenvalue weighted by atomic mass is 16.7. The van der Waals surface area contributed by atoms with Gasteiger partial charge in [0.2, 0.25) is 6.29 Å². The minimum atomic E-state index is -1.83. The van der Waals surface area contributed by atoms with E-state index in [1.807, 2.05) is 30.3 Å². The van der Waals surface area contributed by atoms with Crippen LogP contribution in [0.2, 0.25) is 0 Å². The van der Waals surface area contributed by atoms with Gasteiger partial charge in [0, 0.05) is 0 Å². The van der Waals surface area contributed by atoms with Crippen LogP contribution in [-0.2, 0) is 21.2 Å². The molecule has 6 heteroatoms. The van der Waals surface area contributed by atoms with E-state index in [1.165, 1.54) is 0 Å². The predicted molar refractivity (Wildman–Crippen MR) is 58.6 cm³/mol. The van der Waals surface area contributed by atoms with E-state index in [9.17, 15) is 20.4 Å². The fourth-order valence-corrected chi connectivity index (χ4v) is 1.71. The Bertz CT molecular complexity index is 370. The maximum Gasteiger partial charge on any atom is 0.222 e. The zero-order chi connectivity index (χ0) is 13.1. The Morgan fingerprint density at radius 2 is 1.72 bits per heavy atom. The van der Waals surface area contributed by atoms with Crippen molar-refractivity contribution >= 4 is 0 Å². The van der Waals surface area contributed by atoms with Gasteiger partial charge in [-0.15, -0.1) is 0 Å². The van der Waals surface area contributed by atoms with Crippen LogP contribution in [0.1, 0.15) is 5.56 Å². The summed E-state index contributed by atoms with van der Waals surface area (Å²) in [5.41, 5.74) is 0.844. The molecule has 3 N–H and O–H groups in total. The molecule has 1 heterocycles. The first-order valence-electron chi connectivity index (χ1n) is 5.60. The number of benzene rings is 1. The van der Waals surface area contributed by atoms with Crippen LogP contribution in [0.5, 0.6) is 0 Å². The molecule has 1 fully saturated rings. The third kappa shape index (κ3) is 2.86. The van der Waals surface area contributed by atoms with Crippen LogP contribution in [0.3, 0.4) is 0 Å². The Morgan fingerprint density at radius 3 is 2.39 bits per heavy atom. The number of aliphatic hydroxyl groups excluding tert-OH is 3. The Morgan fingerprint density at radius 1 is 1.06 bits per heavy atom. The number of ether oxygens (including phenoxy) is 2. The van der Waals surface area contributed by atoms with Crippen LogP contribution in [0, 0.1) is 0 Å². The quantitative estimate of drug-likeness (QED) is 0.669. The second-order valence-corrected chi connectivity index (χ2v) is 4.14. The van der Waals surface area contributed by atoms with E-state index in [-0.39, 0.29) is 6.61 Å². The molecule has 0 amide bonds. The standard InChI is InChI=1S/C12H15O6/c13-8-9(14)11(16)18-12(10(8)15)17-6-7-4-2-1-3-5-7/h1-5,8-15H,6H2. The Hall–Kier alpha value is -1.02. The van der Waals surface area contributed by atoms with Gasteiger partial charge in [-0.2, -0.15) is 5.11 Å². The molecule has 1 aliphatic heterocycles. The lowest BCUT2D eigenvalue weighted by Crippen LogP contribution is -2.57. The van der Waals surface area contributed by atoms with Gasteiger partial charge in [-0.3, -0.25) is 0 Å². The molecular weight excluding hydrogens is 240 g/mol. The summed E-state index contributed by atoms with van der Waals surface area (Å²) >= 11 is 0. The first kappa shape index (κ1) is 13.4. The van der Waals surface area contributed by atoms with Gasteiger partial charge in [-0.25, -0.2) is 0 Å².